The monoisotopic (exact) mass is 310 g/mol. The average Bonchev–Trinajstić information content (AvgIpc) is 3.00. The molecule has 6 nitrogen and oxygen atoms in total. The minimum atomic E-state index is -0.724. The first-order chi connectivity index (χ1) is 10.1. The largest absolute Gasteiger partial charge is 0.392 e. The fourth-order valence-electron chi connectivity index (χ4n) is 2.51. The van der Waals surface area contributed by atoms with Gasteiger partial charge >= 0.3 is 0 Å². The number of nitrogens with two attached hydrogens (primary N) is 1. The van der Waals surface area contributed by atoms with E-state index in [1.807, 2.05) is 10.8 Å². The highest BCUT2D eigenvalue weighted by atomic mass is 32.1. The molecule has 0 saturated carbocycles. The van der Waals surface area contributed by atoms with Crippen LogP contribution in [0.2, 0.25) is 0 Å². The van der Waals surface area contributed by atoms with Gasteiger partial charge in [0.25, 0.3) is 0 Å². The van der Waals surface area contributed by atoms with Crippen LogP contribution in [-0.2, 0) is 16.1 Å². The van der Waals surface area contributed by atoms with Crippen molar-refractivity contribution in [1.82, 2.24) is 14.9 Å². The summed E-state index contributed by atoms with van der Waals surface area (Å²) in [5, 5.41) is 2.97. The second kappa shape index (κ2) is 7.51. The fourth-order valence-corrected chi connectivity index (χ4v) is 2.81. The number of aryl methyl sites for hydroxylation is 1. The summed E-state index contributed by atoms with van der Waals surface area (Å²) in [5.41, 5.74) is 5.08. The topological polar surface area (TPSA) is 82.2 Å². The Kier molecular flexibility index (Phi) is 5.69. The van der Waals surface area contributed by atoms with Crippen molar-refractivity contribution in [2.75, 3.05) is 19.8 Å². The van der Waals surface area contributed by atoms with Crippen LogP contribution in [0.15, 0.2) is 18.7 Å². The summed E-state index contributed by atoms with van der Waals surface area (Å²) in [7, 11) is 0. The highest BCUT2D eigenvalue weighted by Crippen LogP contribution is 2.31. The zero-order valence-electron chi connectivity index (χ0n) is 12.1. The van der Waals surface area contributed by atoms with Crippen LogP contribution < -0.4 is 11.1 Å². The third-order valence-corrected chi connectivity index (χ3v) is 4.33. The van der Waals surface area contributed by atoms with Gasteiger partial charge in [0.1, 0.15) is 5.41 Å². The average molecular weight is 310 g/mol. The van der Waals surface area contributed by atoms with E-state index in [0.717, 1.165) is 19.4 Å². The van der Waals surface area contributed by atoms with Gasteiger partial charge in [-0.3, -0.25) is 4.79 Å². The predicted molar refractivity (Wildman–Crippen MR) is 83.7 cm³/mol. The minimum Gasteiger partial charge on any atom is -0.392 e. The first-order valence-electron chi connectivity index (χ1n) is 7.27. The van der Waals surface area contributed by atoms with Crippen molar-refractivity contribution in [2.24, 2.45) is 11.1 Å². The predicted octanol–water partition coefficient (Wildman–Crippen LogP) is 0.862. The van der Waals surface area contributed by atoms with Gasteiger partial charge in [-0.2, -0.15) is 0 Å². The maximum absolute atomic E-state index is 12.4. The van der Waals surface area contributed by atoms with Gasteiger partial charge < -0.3 is 20.4 Å². The van der Waals surface area contributed by atoms with Gasteiger partial charge in [0.05, 0.1) is 11.3 Å². The molecule has 1 aromatic heterocycles. The zero-order valence-corrected chi connectivity index (χ0v) is 12.9. The second-order valence-corrected chi connectivity index (χ2v) is 5.76. The van der Waals surface area contributed by atoms with Crippen molar-refractivity contribution in [3.05, 3.63) is 18.7 Å². The molecule has 7 heteroatoms. The van der Waals surface area contributed by atoms with Crippen LogP contribution in [0.3, 0.4) is 0 Å². The van der Waals surface area contributed by atoms with Gasteiger partial charge in [0.15, 0.2) is 0 Å². The van der Waals surface area contributed by atoms with Crippen molar-refractivity contribution in [3.63, 3.8) is 0 Å². The van der Waals surface area contributed by atoms with Crippen LogP contribution in [0, 0.1) is 5.41 Å². The van der Waals surface area contributed by atoms with Crippen molar-refractivity contribution < 1.29 is 9.53 Å². The Morgan fingerprint density at radius 2 is 2.19 bits per heavy atom. The molecule has 0 spiro atoms. The Labute approximate surface area is 130 Å². The van der Waals surface area contributed by atoms with Crippen molar-refractivity contribution in [1.29, 1.82) is 0 Å². The van der Waals surface area contributed by atoms with E-state index in [4.69, 9.17) is 22.7 Å². The summed E-state index contributed by atoms with van der Waals surface area (Å²) < 4.78 is 7.33. The number of aromatic nitrogens is 2. The molecule has 1 aromatic rings. The Balaban J connectivity index is 1.73. The second-order valence-electron chi connectivity index (χ2n) is 5.32. The van der Waals surface area contributed by atoms with Crippen LogP contribution in [0.25, 0.3) is 0 Å². The molecule has 0 aromatic carbocycles. The van der Waals surface area contributed by atoms with Crippen LogP contribution in [0.5, 0.6) is 0 Å². The quantitative estimate of drug-likeness (QED) is 0.577. The molecule has 1 fully saturated rings. The lowest BCUT2D eigenvalue weighted by molar-refractivity contribution is -0.131. The normalized spacial score (nSPS) is 17.3. The fraction of sp³-hybridized carbons (Fsp3) is 0.643. The molecule has 1 aliphatic heterocycles. The van der Waals surface area contributed by atoms with Gasteiger partial charge in [-0.1, -0.05) is 12.2 Å². The van der Waals surface area contributed by atoms with Crippen molar-refractivity contribution in [3.8, 4) is 0 Å². The lowest BCUT2D eigenvalue weighted by Crippen LogP contribution is -2.52. The van der Waals surface area contributed by atoms with Gasteiger partial charge in [-0.25, -0.2) is 4.98 Å². The first-order valence-corrected chi connectivity index (χ1v) is 7.68. The van der Waals surface area contributed by atoms with Crippen LogP contribution in [-0.4, -0.2) is 40.2 Å². The smallest absolute Gasteiger partial charge is 0.233 e. The summed E-state index contributed by atoms with van der Waals surface area (Å²) in [4.78, 5) is 16.7. The molecule has 2 heterocycles. The van der Waals surface area contributed by atoms with Gasteiger partial charge in [0.2, 0.25) is 5.91 Å². The number of imidazole rings is 1. The Morgan fingerprint density at radius 1 is 1.43 bits per heavy atom. The maximum Gasteiger partial charge on any atom is 0.233 e. The van der Waals surface area contributed by atoms with E-state index in [1.165, 1.54) is 0 Å². The molecule has 1 amide bonds. The lowest BCUT2D eigenvalue weighted by atomic mass is 9.79. The standard InChI is InChI=1S/C14H22N4O2S/c15-12(21)14(3-9-20-10-4-14)13(19)17-5-1-2-7-18-8-6-16-11-18/h6,8,11H,1-5,7,9-10H2,(H2,15,21)(H,17,19). The summed E-state index contributed by atoms with van der Waals surface area (Å²) >= 11 is 5.11. The number of hydrogen-bond acceptors (Lipinski definition) is 4. The number of thiocarbonyl (C=S) groups is 1. The molecule has 1 saturated heterocycles. The molecule has 0 bridgehead atoms. The van der Waals surface area contributed by atoms with E-state index in [-0.39, 0.29) is 10.9 Å². The summed E-state index contributed by atoms with van der Waals surface area (Å²) in [5.74, 6) is -0.0547. The molecule has 2 rings (SSSR count). The molecule has 0 aliphatic carbocycles. The van der Waals surface area contributed by atoms with Gasteiger partial charge in [-0.15, -0.1) is 0 Å². The van der Waals surface area contributed by atoms with Crippen LogP contribution in [0.1, 0.15) is 25.7 Å². The number of amides is 1. The summed E-state index contributed by atoms with van der Waals surface area (Å²) in [6.07, 6.45) is 8.53. The molecule has 1 aliphatic rings. The number of unbranched alkanes of at least 4 members (excludes halogenated alkanes) is 1. The minimum absolute atomic E-state index is 0.0547. The molecule has 3 N–H and O–H groups in total. The number of nitrogens with zero attached hydrogens (tertiary/aromatic N) is 2. The molecular formula is C14H22N4O2S. The van der Waals surface area contributed by atoms with Crippen molar-refractivity contribution in [2.45, 2.75) is 32.2 Å². The van der Waals surface area contributed by atoms with E-state index < -0.39 is 5.41 Å². The summed E-state index contributed by atoms with van der Waals surface area (Å²) in [6, 6.07) is 0. The lowest BCUT2D eigenvalue weighted by Gasteiger charge is -2.34. The van der Waals surface area contributed by atoms with E-state index in [1.54, 1.807) is 12.5 Å². The van der Waals surface area contributed by atoms with E-state index >= 15 is 0 Å². The number of carbonyl (C=O) groups excluding carboxylic acids is 1. The third-order valence-electron chi connectivity index (χ3n) is 3.94. The number of ether oxygens (including phenoxy) is 1. The first kappa shape index (κ1) is 15.9. The number of carbonyl (C=O) groups is 1. The highest BCUT2D eigenvalue weighted by molar-refractivity contribution is 7.80. The van der Waals surface area contributed by atoms with Crippen LogP contribution >= 0.6 is 12.2 Å². The molecule has 0 atom stereocenters. The van der Waals surface area contributed by atoms with Gasteiger partial charge in [-0.05, 0) is 25.7 Å². The molecule has 0 radical (unpaired) electrons. The third kappa shape index (κ3) is 4.01. The molecular weight excluding hydrogens is 288 g/mol. The van der Waals surface area contributed by atoms with E-state index in [9.17, 15) is 4.79 Å². The molecule has 0 unspecified atom stereocenters. The van der Waals surface area contributed by atoms with Crippen LogP contribution in [0.4, 0.5) is 0 Å². The molecule has 116 valence electrons. The Hall–Kier alpha value is -1.47. The number of nitrogens with one attached hydrogen (secondary N) is 1. The Bertz CT molecular complexity index is 469. The number of rotatable bonds is 7. The molecule has 21 heavy (non-hydrogen) atoms. The van der Waals surface area contributed by atoms with Crippen molar-refractivity contribution >= 4 is 23.1 Å². The zero-order chi connectivity index (χ0) is 15.1. The summed E-state index contributed by atoms with van der Waals surface area (Å²) in [6.45, 7) is 2.61. The van der Waals surface area contributed by atoms with Gasteiger partial charge in [0, 0.05) is 38.7 Å². The highest BCUT2D eigenvalue weighted by Gasteiger charge is 2.42. The number of hydrogen-bond donors (Lipinski definition) is 2. The Morgan fingerprint density at radius 3 is 2.81 bits per heavy atom. The van der Waals surface area contributed by atoms with E-state index in [0.29, 0.717) is 32.6 Å². The maximum atomic E-state index is 12.4. The SMILES string of the molecule is NC(=S)C1(C(=O)NCCCCn2ccnc2)CCOCC1. The van der Waals surface area contributed by atoms with E-state index in [2.05, 4.69) is 10.3 Å².